The Balaban J connectivity index is 1.75. The van der Waals surface area contributed by atoms with Crippen LogP contribution in [0, 0.1) is 6.92 Å². The summed E-state index contributed by atoms with van der Waals surface area (Å²) in [5, 5.41) is 0.677. The molecule has 0 aliphatic carbocycles. The average Bonchev–Trinajstić information content (AvgIpc) is 3.03. The highest BCUT2D eigenvalue weighted by Crippen LogP contribution is 2.33. The first-order valence-corrected chi connectivity index (χ1v) is 9.29. The van der Waals surface area contributed by atoms with Crippen LogP contribution in [0.5, 0.6) is 0 Å². The molecule has 27 heavy (non-hydrogen) atoms. The maximum Gasteiger partial charge on any atom is 0.416 e. The smallest absolute Gasteiger partial charge is 0.416 e. The summed E-state index contributed by atoms with van der Waals surface area (Å²) >= 11 is 1.25. The fraction of sp³-hybridized carbons (Fsp3) is 0.444. The number of esters is 1. The van der Waals surface area contributed by atoms with Crippen LogP contribution in [0.4, 0.5) is 18.3 Å². The minimum Gasteiger partial charge on any atom is -0.462 e. The van der Waals surface area contributed by atoms with E-state index in [0.29, 0.717) is 47.6 Å². The molecular weight excluding hydrogens is 381 g/mol. The van der Waals surface area contributed by atoms with Crippen LogP contribution in [0.3, 0.4) is 0 Å². The second-order valence-corrected chi connectivity index (χ2v) is 7.03. The maximum absolute atomic E-state index is 12.7. The molecule has 1 atom stereocenters. The van der Waals surface area contributed by atoms with Gasteiger partial charge in [-0.15, -0.1) is 0 Å². The largest absolute Gasteiger partial charge is 0.462 e. The van der Waals surface area contributed by atoms with Crippen LogP contribution in [-0.2, 0) is 15.7 Å². The zero-order valence-corrected chi connectivity index (χ0v) is 15.7. The molecule has 0 saturated carbocycles. The van der Waals surface area contributed by atoms with E-state index in [9.17, 15) is 18.0 Å². The highest BCUT2D eigenvalue weighted by Gasteiger charge is 2.31. The first kappa shape index (κ1) is 19.6. The van der Waals surface area contributed by atoms with Gasteiger partial charge in [-0.25, -0.2) is 9.78 Å². The van der Waals surface area contributed by atoms with Gasteiger partial charge in [0.2, 0.25) is 0 Å². The summed E-state index contributed by atoms with van der Waals surface area (Å²) in [6.07, 6.45) is -4.73. The SMILES string of the molecule is CCOC(=O)c1sc(N2CCOC(c3ccc(C(F)(F)F)cc3)C2)nc1C. The number of anilines is 1. The molecule has 1 aliphatic heterocycles. The summed E-state index contributed by atoms with van der Waals surface area (Å²) in [6, 6.07) is 5.00. The molecule has 1 unspecified atom stereocenters. The number of carbonyl (C=O) groups excluding carboxylic acids is 1. The van der Waals surface area contributed by atoms with Gasteiger partial charge < -0.3 is 14.4 Å². The van der Waals surface area contributed by atoms with Crippen molar-refractivity contribution in [2.75, 3.05) is 31.2 Å². The van der Waals surface area contributed by atoms with Gasteiger partial charge in [0, 0.05) is 6.54 Å². The van der Waals surface area contributed by atoms with Gasteiger partial charge in [-0.1, -0.05) is 23.5 Å². The Morgan fingerprint density at radius 2 is 2.07 bits per heavy atom. The van der Waals surface area contributed by atoms with Crippen LogP contribution in [0.25, 0.3) is 0 Å². The van der Waals surface area contributed by atoms with Crippen LogP contribution in [0.1, 0.15) is 39.5 Å². The molecule has 1 aliphatic rings. The number of ether oxygens (including phenoxy) is 2. The van der Waals surface area contributed by atoms with Crippen LogP contribution in [0.2, 0.25) is 0 Å². The Labute approximate surface area is 158 Å². The monoisotopic (exact) mass is 400 g/mol. The van der Waals surface area contributed by atoms with Crippen molar-refractivity contribution in [3.63, 3.8) is 0 Å². The molecule has 0 radical (unpaired) electrons. The normalized spacial score (nSPS) is 17.8. The number of alkyl halides is 3. The van der Waals surface area contributed by atoms with Gasteiger partial charge >= 0.3 is 12.1 Å². The second kappa shape index (κ2) is 7.85. The van der Waals surface area contributed by atoms with Crippen molar-refractivity contribution in [2.24, 2.45) is 0 Å². The molecule has 0 bridgehead atoms. The van der Waals surface area contributed by atoms with Gasteiger partial charge in [-0.3, -0.25) is 0 Å². The topological polar surface area (TPSA) is 51.7 Å². The summed E-state index contributed by atoms with van der Waals surface area (Å²) < 4.78 is 48.9. The zero-order valence-electron chi connectivity index (χ0n) is 14.9. The highest BCUT2D eigenvalue weighted by atomic mass is 32.1. The standard InChI is InChI=1S/C18H19F3N2O3S/c1-3-25-16(24)15-11(2)22-17(27-15)23-8-9-26-14(10-23)12-4-6-13(7-5-12)18(19,20)21/h4-7,14H,3,8-10H2,1-2H3. The third-order valence-electron chi connectivity index (χ3n) is 4.19. The predicted octanol–water partition coefficient (Wildman–Crippen LogP) is 4.22. The van der Waals surface area contributed by atoms with Crippen molar-refractivity contribution in [3.8, 4) is 0 Å². The van der Waals surface area contributed by atoms with E-state index < -0.39 is 17.7 Å². The van der Waals surface area contributed by atoms with E-state index >= 15 is 0 Å². The van der Waals surface area contributed by atoms with Crippen molar-refractivity contribution in [2.45, 2.75) is 26.1 Å². The van der Waals surface area contributed by atoms with Crippen LogP contribution < -0.4 is 4.90 Å². The molecule has 146 valence electrons. The van der Waals surface area contributed by atoms with Crippen molar-refractivity contribution < 1.29 is 27.4 Å². The van der Waals surface area contributed by atoms with E-state index in [-0.39, 0.29) is 6.10 Å². The van der Waals surface area contributed by atoms with Gasteiger partial charge in [0.1, 0.15) is 11.0 Å². The van der Waals surface area contributed by atoms with Crippen molar-refractivity contribution in [3.05, 3.63) is 46.0 Å². The number of halogens is 3. The van der Waals surface area contributed by atoms with E-state index in [1.165, 1.54) is 23.5 Å². The number of thiazole rings is 1. The molecule has 1 saturated heterocycles. The van der Waals surface area contributed by atoms with Crippen LogP contribution >= 0.6 is 11.3 Å². The summed E-state index contributed by atoms with van der Waals surface area (Å²) in [4.78, 5) is 18.9. The van der Waals surface area contributed by atoms with Crippen LogP contribution in [-0.4, -0.2) is 37.3 Å². The minimum atomic E-state index is -4.36. The third-order valence-corrected chi connectivity index (χ3v) is 5.39. The molecule has 2 heterocycles. The maximum atomic E-state index is 12.7. The van der Waals surface area contributed by atoms with Crippen molar-refractivity contribution >= 4 is 22.4 Å². The first-order valence-electron chi connectivity index (χ1n) is 8.48. The third kappa shape index (κ3) is 4.41. The summed E-state index contributed by atoms with van der Waals surface area (Å²) in [5.74, 6) is -0.397. The van der Waals surface area contributed by atoms with Gasteiger partial charge in [-0.2, -0.15) is 13.2 Å². The fourth-order valence-electron chi connectivity index (χ4n) is 2.81. The molecule has 0 amide bonds. The Morgan fingerprint density at radius 3 is 2.70 bits per heavy atom. The summed E-state index contributed by atoms with van der Waals surface area (Å²) in [7, 11) is 0. The Morgan fingerprint density at radius 1 is 1.37 bits per heavy atom. The second-order valence-electron chi connectivity index (χ2n) is 6.06. The Bertz CT molecular complexity index is 805. The van der Waals surface area contributed by atoms with E-state index in [0.717, 1.165) is 12.1 Å². The van der Waals surface area contributed by atoms with E-state index in [1.807, 2.05) is 4.90 Å². The summed E-state index contributed by atoms with van der Waals surface area (Å²) in [5.41, 5.74) is 0.589. The highest BCUT2D eigenvalue weighted by molar-refractivity contribution is 7.17. The lowest BCUT2D eigenvalue weighted by Gasteiger charge is -2.33. The van der Waals surface area contributed by atoms with E-state index in [2.05, 4.69) is 4.98 Å². The molecule has 3 rings (SSSR count). The van der Waals surface area contributed by atoms with E-state index in [1.54, 1.807) is 13.8 Å². The zero-order chi connectivity index (χ0) is 19.6. The Kier molecular flexibility index (Phi) is 5.71. The number of aryl methyl sites for hydroxylation is 1. The molecule has 0 N–H and O–H groups in total. The molecule has 1 aromatic carbocycles. The number of hydrogen-bond donors (Lipinski definition) is 0. The van der Waals surface area contributed by atoms with Crippen LogP contribution in [0.15, 0.2) is 24.3 Å². The number of carbonyl (C=O) groups is 1. The molecule has 0 spiro atoms. The number of aromatic nitrogens is 1. The van der Waals surface area contributed by atoms with Crippen molar-refractivity contribution in [1.82, 2.24) is 4.98 Å². The lowest BCUT2D eigenvalue weighted by atomic mass is 10.1. The molecule has 5 nitrogen and oxygen atoms in total. The number of nitrogens with zero attached hydrogens (tertiary/aromatic N) is 2. The average molecular weight is 400 g/mol. The molecule has 1 aromatic heterocycles. The lowest BCUT2D eigenvalue weighted by molar-refractivity contribution is -0.137. The lowest BCUT2D eigenvalue weighted by Crippen LogP contribution is -2.38. The first-order chi connectivity index (χ1) is 12.8. The molecular formula is C18H19F3N2O3S. The minimum absolute atomic E-state index is 0.291. The summed E-state index contributed by atoms with van der Waals surface area (Å²) in [6.45, 7) is 5.23. The molecule has 2 aromatic rings. The molecule has 1 fully saturated rings. The number of benzene rings is 1. The number of morpholine rings is 1. The van der Waals surface area contributed by atoms with Gasteiger partial charge in [0.05, 0.1) is 31.0 Å². The predicted molar refractivity (Wildman–Crippen MR) is 95.2 cm³/mol. The Hall–Kier alpha value is -2.13. The molecule has 9 heteroatoms. The fourth-order valence-corrected chi connectivity index (χ4v) is 3.81. The van der Waals surface area contributed by atoms with Gasteiger partial charge in [0.15, 0.2) is 5.13 Å². The number of rotatable bonds is 4. The number of hydrogen-bond acceptors (Lipinski definition) is 6. The van der Waals surface area contributed by atoms with Gasteiger partial charge in [0.25, 0.3) is 0 Å². The van der Waals surface area contributed by atoms with E-state index in [4.69, 9.17) is 9.47 Å². The van der Waals surface area contributed by atoms with Gasteiger partial charge in [-0.05, 0) is 31.5 Å². The quantitative estimate of drug-likeness (QED) is 0.719. The van der Waals surface area contributed by atoms with Crippen molar-refractivity contribution in [1.29, 1.82) is 0 Å².